The Morgan fingerprint density at radius 1 is 0.907 bits per heavy atom. The van der Waals surface area contributed by atoms with E-state index in [1.54, 1.807) is 35.1 Å². The van der Waals surface area contributed by atoms with Crippen LogP contribution >= 0.6 is 0 Å². The Kier molecular flexibility index (Phi) is 6.98. The van der Waals surface area contributed by atoms with E-state index in [0.29, 0.717) is 58.7 Å². The maximum atomic E-state index is 13.6. The average molecular weight is 579 g/mol. The van der Waals surface area contributed by atoms with Crippen molar-refractivity contribution in [3.63, 3.8) is 0 Å². The van der Waals surface area contributed by atoms with Crippen LogP contribution in [0.15, 0.2) is 48.9 Å². The highest BCUT2D eigenvalue weighted by molar-refractivity contribution is 6.00. The third-order valence-electron chi connectivity index (χ3n) is 8.07. The molecule has 2 amide bonds. The van der Waals surface area contributed by atoms with E-state index in [9.17, 15) is 14.9 Å². The van der Waals surface area contributed by atoms with Crippen LogP contribution in [0.5, 0.6) is 11.6 Å². The molecule has 2 fully saturated rings. The van der Waals surface area contributed by atoms with E-state index in [1.807, 2.05) is 12.1 Å². The first-order valence-electron chi connectivity index (χ1n) is 14.6. The first-order chi connectivity index (χ1) is 21.0. The lowest BCUT2D eigenvalue weighted by Gasteiger charge is -2.30. The minimum absolute atomic E-state index is 0.00170. The van der Waals surface area contributed by atoms with Gasteiger partial charge in [0.05, 0.1) is 51.8 Å². The van der Waals surface area contributed by atoms with Gasteiger partial charge in [0.15, 0.2) is 5.75 Å². The summed E-state index contributed by atoms with van der Waals surface area (Å²) in [6.07, 6.45) is 9.90. The number of amides is 2. The van der Waals surface area contributed by atoms with Crippen molar-refractivity contribution in [1.82, 2.24) is 30.2 Å². The fourth-order valence-corrected chi connectivity index (χ4v) is 5.60. The number of pyridine rings is 2. The minimum Gasteiger partial charge on any atom is -0.484 e. The summed E-state index contributed by atoms with van der Waals surface area (Å²) in [5, 5.41) is 23.3. The molecular formula is C31H30N8O4. The molecule has 3 aliphatic rings. The third kappa shape index (κ3) is 5.66. The van der Waals surface area contributed by atoms with E-state index in [0.717, 1.165) is 44.0 Å². The molecule has 0 radical (unpaired) electrons. The smallest absolute Gasteiger partial charge is 0.257 e. The predicted octanol–water partition coefficient (Wildman–Crippen LogP) is 3.74. The minimum atomic E-state index is -0.241. The highest BCUT2D eigenvalue weighted by atomic mass is 16.6. The summed E-state index contributed by atoms with van der Waals surface area (Å²) in [4.78, 5) is 34.8. The topological polar surface area (TPSA) is 156 Å². The standard InChI is InChI=1S/C31H30N8O4/c32-14-18-11-23-7-8-27(39(23)35-15-18)26-13-25(36-22-12-28-31(34-16-22)43-10-9-42-28)24(17-33-26)30(41)38-21-5-3-20(4-6-21)37-29(40)19-1-2-19/h7-8,11-13,15-17,19-21H,1-6,9-10H2,(H,33,36)(H,37,40)(H,38,41). The van der Waals surface area contributed by atoms with Crippen LogP contribution in [0.25, 0.3) is 16.9 Å². The monoisotopic (exact) mass is 578 g/mol. The third-order valence-corrected chi connectivity index (χ3v) is 8.07. The molecule has 4 aromatic heterocycles. The number of fused-ring (bicyclic) bond motifs is 2. The molecule has 5 heterocycles. The van der Waals surface area contributed by atoms with Crippen molar-refractivity contribution in [3.8, 4) is 29.1 Å². The number of nitriles is 1. The number of aromatic nitrogens is 4. The lowest BCUT2D eigenvalue weighted by atomic mass is 9.90. The van der Waals surface area contributed by atoms with Gasteiger partial charge in [-0.2, -0.15) is 10.4 Å². The lowest BCUT2D eigenvalue weighted by molar-refractivity contribution is -0.123. The molecule has 2 saturated carbocycles. The molecule has 0 aromatic carbocycles. The van der Waals surface area contributed by atoms with Gasteiger partial charge in [-0.25, -0.2) is 9.50 Å². The number of nitrogens with one attached hydrogen (secondary N) is 3. The van der Waals surface area contributed by atoms with Gasteiger partial charge < -0.3 is 25.4 Å². The number of ether oxygens (including phenoxy) is 2. The Morgan fingerprint density at radius 3 is 2.49 bits per heavy atom. The molecule has 4 aromatic rings. The van der Waals surface area contributed by atoms with Crippen LogP contribution in [0.3, 0.4) is 0 Å². The van der Waals surface area contributed by atoms with E-state index < -0.39 is 0 Å². The van der Waals surface area contributed by atoms with Gasteiger partial charge in [-0.05, 0) is 62.8 Å². The first kappa shape index (κ1) is 26.7. The molecule has 0 bridgehead atoms. The van der Waals surface area contributed by atoms with Crippen molar-refractivity contribution >= 4 is 28.7 Å². The number of hydrogen-bond donors (Lipinski definition) is 3. The molecule has 0 saturated heterocycles. The Hall–Kier alpha value is -5.18. The van der Waals surface area contributed by atoms with Gasteiger partial charge in [-0.3, -0.25) is 14.6 Å². The molecule has 12 heteroatoms. The molecule has 1 aliphatic heterocycles. The zero-order valence-corrected chi connectivity index (χ0v) is 23.4. The summed E-state index contributed by atoms with van der Waals surface area (Å²) in [7, 11) is 0. The fraction of sp³-hybridized carbons (Fsp3) is 0.355. The number of nitrogens with zero attached hydrogens (tertiary/aromatic N) is 5. The number of rotatable bonds is 7. The SMILES string of the molecule is N#Cc1cnn2c(-c3cc(Nc4cnc5c(c4)OCCO5)c(C(=O)NC4CCC(NC(=O)C5CC5)CC4)cn3)ccc2c1. The Labute approximate surface area is 247 Å². The highest BCUT2D eigenvalue weighted by Crippen LogP contribution is 2.33. The summed E-state index contributed by atoms with van der Waals surface area (Å²) in [6, 6.07) is 11.4. The second-order valence-corrected chi connectivity index (χ2v) is 11.2. The zero-order valence-electron chi connectivity index (χ0n) is 23.4. The van der Waals surface area contributed by atoms with E-state index in [4.69, 9.17) is 9.47 Å². The lowest BCUT2D eigenvalue weighted by Crippen LogP contribution is -2.44. The number of anilines is 2. The Balaban J connectivity index is 1.14. The van der Waals surface area contributed by atoms with Crippen LogP contribution in [0.1, 0.15) is 54.4 Å². The largest absolute Gasteiger partial charge is 0.484 e. The summed E-state index contributed by atoms with van der Waals surface area (Å²) in [5.74, 6) is 1.07. The number of carbonyl (C=O) groups is 2. The van der Waals surface area contributed by atoms with Gasteiger partial charge in [0.25, 0.3) is 11.8 Å². The Morgan fingerprint density at radius 2 is 1.70 bits per heavy atom. The first-order valence-corrected chi connectivity index (χ1v) is 14.6. The second kappa shape index (κ2) is 11.2. The van der Waals surface area contributed by atoms with E-state index in [-0.39, 0.29) is 29.8 Å². The van der Waals surface area contributed by atoms with Crippen LogP contribution in [-0.2, 0) is 4.79 Å². The molecule has 2 aliphatic carbocycles. The van der Waals surface area contributed by atoms with Gasteiger partial charge in [0.2, 0.25) is 5.91 Å². The molecule has 43 heavy (non-hydrogen) atoms. The maximum absolute atomic E-state index is 13.6. The normalized spacial score (nSPS) is 19.3. The molecule has 0 atom stereocenters. The Bertz CT molecular complexity index is 1750. The van der Waals surface area contributed by atoms with Crippen molar-refractivity contribution in [1.29, 1.82) is 5.26 Å². The molecule has 0 spiro atoms. The zero-order chi connectivity index (χ0) is 29.3. The number of carbonyl (C=O) groups excluding carboxylic acids is 2. The molecule has 12 nitrogen and oxygen atoms in total. The van der Waals surface area contributed by atoms with Crippen LogP contribution in [0.4, 0.5) is 11.4 Å². The summed E-state index contributed by atoms with van der Waals surface area (Å²) in [6.45, 7) is 0.869. The van der Waals surface area contributed by atoms with Crippen molar-refractivity contribution in [2.45, 2.75) is 50.6 Å². The van der Waals surface area contributed by atoms with Crippen LogP contribution in [0.2, 0.25) is 0 Å². The molecule has 218 valence electrons. The summed E-state index contributed by atoms with van der Waals surface area (Å²) >= 11 is 0. The second-order valence-electron chi connectivity index (χ2n) is 11.2. The number of hydrogen-bond acceptors (Lipinski definition) is 9. The fourth-order valence-electron chi connectivity index (χ4n) is 5.60. The summed E-state index contributed by atoms with van der Waals surface area (Å²) in [5.41, 5.74) is 4.06. The van der Waals surface area contributed by atoms with E-state index >= 15 is 0 Å². The van der Waals surface area contributed by atoms with Gasteiger partial charge in [0, 0.05) is 30.3 Å². The van der Waals surface area contributed by atoms with Crippen molar-refractivity contribution in [2.75, 3.05) is 18.5 Å². The van der Waals surface area contributed by atoms with E-state index in [2.05, 4.69) is 37.1 Å². The van der Waals surface area contributed by atoms with E-state index in [1.165, 1.54) is 6.20 Å². The maximum Gasteiger partial charge on any atom is 0.257 e. The van der Waals surface area contributed by atoms with Crippen molar-refractivity contribution in [2.24, 2.45) is 5.92 Å². The van der Waals surface area contributed by atoms with Crippen LogP contribution < -0.4 is 25.4 Å². The molecule has 3 N–H and O–H groups in total. The van der Waals surface area contributed by atoms with Crippen LogP contribution in [0, 0.1) is 17.2 Å². The molecule has 0 unspecified atom stereocenters. The molecule has 7 rings (SSSR count). The van der Waals surface area contributed by atoms with Gasteiger partial charge >= 0.3 is 0 Å². The van der Waals surface area contributed by atoms with Crippen LogP contribution in [-0.4, -0.2) is 56.7 Å². The summed E-state index contributed by atoms with van der Waals surface area (Å²) < 4.78 is 13.0. The van der Waals surface area contributed by atoms with Crippen molar-refractivity contribution < 1.29 is 19.1 Å². The van der Waals surface area contributed by atoms with Gasteiger partial charge in [-0.15, -0.1) is 0 Å². The van der Waals surface area contributed by atoms with Crippen molar-refractivity contribution in [3.05, 3.63) is 60.0 Å². The van der Waals surface area contributed by atoms with Gasteiger partial charge in [-0.1, -0.05) is 0 Å². The van der Waals surface area contributed by atoms with Gasteiger partial charge in [0.1, 0.15) is 19.3 Å². The average Bonchev–Trinajstić information content (AvgIpc) is 3.81. The highest BCUT2D eigenvalue weighted by Gasteiger charge is 2.32. The predicted molar refractivity (Wildman–Crippen MR) is 156 cm³/mol. The molecular weight excluding hydrogens is 548 g/mol. The quantitative estimate of drug-likeness (QED) is 0.297.